The van der Waals surface area contributed by atoms with Crippen LogP contribution in [0.15, 0.2) is 54.1 Å². The summed E-state index contributed by atoms with van der Waals surface area (Å²) in [6.07, 6.45) is 7.46. The van der Waals surface area contributed by atoms with Crippen molar-refractivity contribution in [1.29, 1.82) is 0 Å². The van der Waals surface area contributed by atoms with Crippen LogP contribution in [0.2, 0.25) is 0 Å². The van der Waals surface area contributed by atoms with Gasteiger partial charge in [0.1, 0.15) is 19.3 Å². The second kappa shape index (κ2) is 20.2. The minimum atomic E-state index is -2.31. The van der Waals surface area contributed by atoms with E-state index in [-0.39, 0.29) is 44.1 Å². The molecule has 1 saturated carbocycles. The zero-order valence-corrected chi connectivity index (χ0v) is 42.7. The lowest BCUT2D eigenvalue weighted by molar-refractivity contribution is -0.203. The molecule has 5 aliphatic heterocycles. The Morgan fingerprint density at radius 1 is 1.01 bits per heavy atom. The second-order valence-electron chi connectivity index (χ2n) is 21.3. The quantitative estimate of drug-likeness (QED) is 0.0968. The maximum atomic E-state index is 14.9. The van der Waals surface area contributed by atoms with Gasteiger partial charge in [-0.15, -0.1) is 0 Å². The molecule has 0 radical (unpaired) electrons. The number of ether oxygens (including phenoxy) is 1. The fraction of sp³-hybridized carbons (Fsp3) is 0.604. The van der Waals surface area contributed by atoms with Crippen LogP contribution in [0, 0.1) is 18.3 Å². The molecule has 9 rings (SSSR count). The molecule has 4 N–H and O–H groups in total. The van der Waals surface area contributed by atoms with Gasteiger partial charge in [-0.2, -0.15) is 13.8 Å². The number of aliphatic hydroxyl groups is 3. The first-order valence-corrected chi connectivity index (χ1v) is 25.8. The average molecular weight is 1000 g/mol. The number of piperidine rings is 1. The standard InChI is InChI=1S/C52H69FN5O9P.CO2/c1-7-49(64)28-33-27-48(4,38-25-34-12-9-10-13-35(34)36(38)16-21-57(29-33)31-49)37-26-39-40(24-32(37)3)56(6)45-51(39)18-22-58-20-11-17-50(8-2,44(51)58)46(62)52(45,65)47(63)54-19-23-66-43(61)30-55(5)41(59)14-15-42(60)67-68-53;2-1-3/h9-13,17,24,26,33,44-46,62,64-65,68H,7-8,14-16,18-23,25,27-31H2,1-6H3,(H,54,63);/t33?,44?,45?,46-,48-,49?,50-,51-,52+;/m0./s1. The van der Waals surface area contributed by atoms with Gasteiger partial charge in [0, 0.05) is 74.7 Å². The highest BCUT2D eigenvalue weighted by Crippen LogP contribution is 2.67. The Hall–Kier alpha value is -4.86. The maximum absolute atomic E-state index is 14.9. The molecule has 1 spiro atoms. The second-order valence-corrected chi connectivity index (χ2v) is 21.7. The summed E-state index contributed by atoms with van der Waals surface area (Å²) in [4.78, 5) is 76.0. The molecule has 2 aromatic rings. The molecule has 0 aromatic heterocycles. The van der Waals surface area contributed by atoms with Gasteiger partial charge in [0.05, 0.1) is 24.6 Å². The molecule has 16 nitrogen and oxygen atoms in total. The van der Waals surface area contributed by atoms with E-state index >= 15 is 0 Å². The summed E-state index contributed by atoms with van der Waals surface area (Å²) in [6, 6.07) is 12.4. The van der Waals surface area contributed by atoms with E-state index in [0.29, 0.717) is 32.4 Å². The number of rotatable bonds is 13. The minimum absolute atomic E-state index is 0.165. The molecule has 11 atom stereocenters. The third-order valence-corrected chi connectivity index (χ3v) is 17.9. The summed E-state index contributed by atoms with van der Waals surface area (Å²) in [5.74, 6) is -2.64. The van der Waals surface area contributed by atoms with Crippen molar-refractivity contribution in [1.82, 2.24) is 20.0 Å². The van der Waals surface area contributed by atoms with Gasteiger partial charge < -0.3 is 39.7 Å². The summed E-state index contributed by atoms with van der Waals surface area (Å²) in [7, 11) is 1.80. The topological polar surface area (TPSA) is 207 Å². The molecular formula is C53H69FN5O11P. The van der Waals surface area contributed by atoms with Gasteiger partial charge >= 0.3 is 18.1 Å². The van der Waals surface area contributed by atoms with Crippen molar-refractivity contribution in [3.8, 4) is 0 Å². The molecule has 2 saturated heterocycles. The largest absolute Gasteiger partial charge is 0.462 e. The van der Waals surface area contributed by atoms with Crippen molar-refractivity contribution < 1.29 is 57.5 Å². The average Bonchev–Trinajstić information content (AvgIpc) is 4.00. The molecule has 5 heterocycles. The lowest BCUT2D eigenvalue weighted by Crippen LogP contribution is -2.81. The number of aryl methyl sites for hydroxylation is 1. The van der Waals surface area contributed by atoms with Gasteiger partial charge in [-0.05, 0) is 104 Å². The van der Waals surface area contributed by atoms with Crippen LogP contribution in [0.1, 0.15) is 100.0 Å². The molecular weight excluding hydrogens is 933 g/mol. The van der Waals surface area contributed by atoms with Gasteiger partial charge in [-0.25, -0.2) is 0 Å². The Balaban J connectivity index is 0.00000220. The van der Waals surface area contributed by atoms with Gasteiger partial charge in [0.15, 0.2) is 5.60 Å². The number of hydrogen-bond donors (Lipinski definition) is 4. The predicted octanol–water partition coefficient (Wildman–Crippen LogP) is 4.06. The number of carbonyl (C=O) groups excluding carboxylic acids is 6. The van der Waals surface area contributed by atoms with Crippen LogP contribution in [0.3, 0.4) is 0 Å². The maximum Gasteiger partial charge on any atom is 0.373 e. The van der Waals surface area contributed by atoms with Crippen LogP contribution in [0.5, 0.6) is 0 Å². The zero-order chi connectivity index (χ0) is 51.3. The molecule has 7 aliphatic rings. The number of carbonyl (C=O) groups is 4. The fourth-order valence-electron chi connectivity index (χ4n) is 14.7. The number of hydrogen-bond acceptors (Lipinski definition) is 14. The number of fused-ring (bicyclic) bond motifs is 5. The van der Waals surface area contributed by atoms with E-state index in [1.807, 2.05) is 24.9 Å². The normalized spacial score (nSPS) is 33.2. The number of nitrogens with one attached hydrogen (secondary N) is 1. The number of allylic oxidation sites excluding steroid dienone is 1. The number of anilines is 1. The van der Waals surface area contributed by atoms with Crippen LogP contribution in [0.25, 0.3) is 5.57 Å². The highest BCUT2D eigenvalue weighted by molar-refractivity contribution is 7.26. The summed E-state index contributed by atoms with van der Waals surface area (Å²) < 4.78 is 22.0. The molecule has 2 aromatic carbocycles. The molecule has 6 unspecified atom stereocenters. The lowest BCUT2D eigenvalue weighted by atomic mass is 9.47. The van der Waals surface area contributed by atoms with Gasteiger partial charge in [0.25, 0.3) is 15.0 Å². The highest BCUT2D eigenvalue weighted by Gasteiger charge is 2.78. The van der Waals surface area contributed by atoms with Gasteiger partial charge in [-0.3, -0.25) is 29.0 Å². The van der Waals surface area contributed by atoms with E-state index in [1.54, 1.807) is 0 Å². The van der Waals surface area contributed by atoms with E-state index in [0.717, 1.165) is 67.0 Å². The monoisotopic (exact) mass is 1000 g/mol. The third-order valence-electron chi connectivity index (χ3n) is 17.6. The van der Waals surface area contributed by atoms with Crippen LogP contribution >= 0.6 is 9.12 Å². The SMILES string of the molecule is CCC1(O)CC2CN(CCC3=C(Cc4ccccc43)[C@](C)(c3cc4c(cc3C)N(C)C3[C@@]45CCN4CC=C[C@@](CC)(C45)[C@H](O)[C@@]3(O)C(=O)NCCOC(=O)CN(C)C(=O)CCC(=O)OPF)C2)C1.O=C=O. The highest BCUT2D eigenvalue weighted by atomic mass is 31.1. The van der Waals surface area contributed by atoms with Crippen LogP contribution in [-0.2, 0) is 55.3 Å². The Morgan fingerprint density at radius 2 is 1.76 bits per heavy atom. The van der Waals surface area contributed by atoms with E-state index in [1.165, 1.54) is 34.9 Å². The first kappa shape index (κ1) is 52.5. The van der Waals surface area contributed by atoms with Gasteiger partial charge in [0.2, 0.25) is 5.91 Å². The van der Waals surface area contributed by atoms with Crippen LogP contribution in [-0.4, -0.2) is 156 Å². The number of aliphatic hydroxyl groups excluding tert-OH is 1. The molecule has 2 bridgehead atoms. The lowest BCUT2D eigenvalue weighted by Gasteiger charge is -2.63. The van der Waals surface area contributed by atoms with Crippen molar-refractivity contribution in [2.75, 3.05) is 71.4 Å². The molecule has 384 valence electrons. The van der Waals surface area contributed by atoms with E-state index in [2.05, 4.69) is 82.9 Å². The van der Waals surface area contributed by atoms with Crippen molar-refractivity contribution in [2.24, 2.45) is 11.3 Å². The molecule has 18 heteroatoms. The Kier molecular flexibility index (Phi) is 14.9. The summed E-state index contributed by atoms with van der Waals surface area (Å²) in [6.45, 7) is 11.8. The third kappa shape index (κ3) is 8.76. The molecule has 2 aliphatic carbocycles. The Morgan fingerprint density at radius 3 is 2.48 bits per heavy atom. The fourth-order valence-corrected chi connectivity index (χ4v) is 14.9. The van der Waals surface area contributed by atoms with E-state index in [9.17, 15) is 38.7 Å². The smallest absolute Gasteiger partial charge is 0.373 e. The first-order valence-electron chi connectivity index (χ1n) is 25.0. The van der Waals surface area contributed by atoms with Crippen LogP contribution in [0.4, 0.5) is 9.88 Å². The molecule has 2 amide bonds. The number of halogens is 1. The minimum Gasteiger partial charge on any atom is -0.462 e. The predicted molar refractivity (Wildman–Crippen MR) is 263 cm³/mol. The van der Waals surface area contributed by atoms with E-state index < -0.39 is 79.0 Å². The number of benzene rings is 2. The van der Waals surface area contributed by atoms with Gasteiger partial charge in [-0.1, -0.05) is 68.8 Å². The molecule has 71 heavy (non-hydrogen) atoms. The van der Waals surface area contributed by atoms with Crippen LogP contribution < -0.4 is 10.2 Å². The van der Waals surface area contributed by atoms with E-state index in [4.69, 9.17) is 14.3 Å². The van der Waals surface area contributed by atoms with Crippen molar-refractivity contribution in [3.05, 3.63) is 81.9 Å². The number of esters is 1. The Bertz CT molecular complexity index is 2540. The zero-order valence-electron chi connectivity index (χ0n) is 41.7. The summed E-state index contributed by atoms with van der Waals surface area (Å²) >= 11 is 0. The number of nitrogens with zero attached hydrogens (tertiary/aromatic N) is 4. The first-order chi connectivity index (χ1) is 33.8. The summed E-state index contributed by atoms with van der Waals surface area (Å²) in [5.41, 5.74) is 4.66. The number of amides is 2. The van der Waals surface area contributed by atoms with Crippen molar-refractivity contribution >= 4 is 50.3 Å². The molecule has 3 fully saturated rings. The summed E-state index contributed by atoms with van der Waals surface area (Å²) in [5, 5.41) is 41.0. The Labute approximate surface area is 416 Å². The number of likely N-dealkylation sites (N-methyl/N-ethyl adjacent to an activating group) is 2. The van der Waals surface area contributed by atoms with Crippen molar-refractivity contribution in [3.63, 3.8) is 0 Å². The van der Waals surface area contributed by atoms with Crippen molar-refractivity contribution in [2.45, 2.75) is 126 Å².